The topological polar surface area (TPSA) is 88.8 Å². The number of guanidine groups is 1. The Morgan fingerprint density at radius 2 is 1.97 bits per heavy atom. The third-order valence-corrected chi connectivity index (χ3v) is 5.19. The molecule has 0 bridgehead atoms. The van der Waals surface area contributed by atoms with Crippen molar-refractivity contribution in [3.63, 3.8) is 0 Å². The molecule has 0 radical (unpaired) electrons. The molecule has 0 atom stereocenters. The maximum absolute atomic E-state index is 5.42. The SMILES string of the molecule is COc1cc(C)cc(CN=C(NCCN2CCOCC2)NCc2nnc(C)n2C)c1. The number of aromatic nitrogens is 3. The lowest BCUT2D eigenvalue weighted by atomic mass is 10.1. The minimum atomic E-state index is 0.553. The molecule has 30 heavy (non-hydrogen) atoms. The number of morpholine rings is 1. The Labute approximate surface area is 178 Å². The van der Waals surface area contributed by atoms with Crippen LogP contribution >= 0.6 is 0 Å². The van der Waals surface area contributed by atoms with Crippen LogP contribution in [0.5, 0.6) is 5.75 Å². The summed E-state index contributed by atoms with van der Waals surface area (Å²) in [6, 6.07) is 6.17. The molecule has 1 aliphatic rings. The van der Waals surface area contributed by atoms with Crippen LogP contribution in [0.2, 0.25) is 0 Å². The fourth-order valence-electron chi connectivity index (χ4n) is 3.30. The normalized spacial score (nSPS) is 15.3. The van der Waals surface area contributed by atoms with Crippen molar-refractivity contribution in [1.82, 2.24) is 30.3 Å². The van der Waals surface area contributed by atoms with Gasteiger partial charge in [-0.3, -0.25) is 4.90 Å². The average molecular weight is 416 g/mol. The molecule has 0 unspecified atom stereocenters. The van der Waals surface area contributed by atoms with Crippen LogP contribution in [-0.2, 0) is 24.9 Å². The number of ether oxygens (including phenoxy) is 2. The average Bonchev–Trinajstić information content (AvgIpc) is 3.07. The Balaban J connectivity index is 1.63. The fraction of sp³-hybridized carbons (Fsp3) is 0.571. The van der Waals surface area contributed by atoms with Gasteiger partial charge < -0.3 is 24.7 Å². The lowest BCUT2D eigenvalue weighted by Crippen LogP contribution is -2.44. The molecule has 164 valence electrons. The van der Waals surface area contributed by atoms with Gasteiger partial charge in [-0.2, -0.15) is 0 Å². The number of hydrogen-bond donors (Lipinski definition) is 2. The number of methoxy groups -OCH3 is 1. The van der Waals surface area contributed by atoms with Gasteiger partial charge in [0.1, 0.15) is 11.6 Å². The Morgan fingerprint density at radius 1 is 1.17 bits per heavy atom. The van der Waals surface area contributed by atoms with Gasteiger partial charge >= 0.3 is 0 Å². The molecular weight excluding hydrogens is 382 g/mol. The summed E-state index contributed by atoms with van der Waals surface area (Å²) in [5.41, 5.74) is 2.26. The summed E-state index contributed by atoms with van der Waals surface area (Å²) >= 11 is 0. The van der Waals surface area contributed by atoms with E-state index in [1.54, 1.807) is 7.11 Å². The van der Waals surface area contributed by atoms with Crippen molar-refractivity contribution in [2.24, 2.45) is 12.0 Å². The number of rotatable bonds is 8. The summed E-state index contributed by atoms with van der Waals surface area (Å²) in [5.74, 6) is 3.36. The number of aliphatic imine (C=N–C) groups is 1. The molecule has 1 aromatic carbocycles. The standard InChI is InChI=1S/C21H33N7O2/c1-16-11-18(13-19(12-16)29-4)14-23-21(22-5-6-28-7-9-30-10-8-28)24-15-20-26-25-17(2)27(20)3/h11-13H,5-10,14-15H2,1-4H3,(H2,22,23,24). The van der Waals surface area contributed by atoms with Crippen molar-refractivity contribution in [3.8, 4) is 5.75 Å². The van der Waals surface area contributed by atoms with E-state index in [0.717, 1.165) is 73.9 Å². The highest BCUT2D eigenvalue weighted by Crippen LogP contribution is 2.17. The van der Waals surface area contributed by atoms with Gasteiger partial charge in [-0.15, -0.1) is 10.2 Å². The molecule has 1 fully saturated rings. The molecule has 1 aliphatic heterocycles. The molecule has 0 saturated carbocycles. The van der Waals surface area contributed by atoms with Gasteiger partial charge in [-0.25, -0.2) is 4.99 Å². The van der Waals surface area contributed by atoms with Crippen LogP contribution in [-0.4, -0.2) is 72.1 Å². The van der Waals surface area contributed by atoms with Gasteiger partial charge in [0.15, 0.2) is 11.8 Å². The maximum atomic E-state index is 5.42. The zero-order valence-electron chi connectivity index (χ0n) is 18.4. The highest BCUT2D eigenvalue weighted by molar-refractivity contribution is 5.79. The maximum Gasteiger partial charge on any atom is 0.192 e. The quantitative estimate of drug-likeness (QED) is 0.491. The van der Waals surface area contributed by atoms with E-state index in [1.165, 1.54) is 0 Å². The smallest absolute Gasteiger partial charge is 0.192 e. The van der Waals surface area contributed by atoms with Gasteiger partial charge in [-0.1, -0.05) is 6.07 Å². The molecule has 2 N–H and O–H groups in total. The van der Waals surface area contributed by atoms with E-state index >= 15 is 0 Å². The first-order chi connectivity index (χ1) is 14.5. The Bertz CT molecular complexity index is 844. The van der Waals surface area contributed by atoms with Crippen LogP contribution in [0.3, 0.4) is 0 Å². The van der Waals surface area contributed by atoms with Gasteiger partial charge in [0.2, 0.25) is 0 Å². The van der Waals surface area contributed by atoms with Crippen molar-refractivity contribution in [3.05, 3.63) is 41.0 Å². The molecule has 1 aromatic heterocycles. The highest BCUT2D eigenvalue weighted by Gasteiger charge is 2.11. The fourth-order valence-corrected chi connectivity index (χ4v) is 3.30. The molecule has 0 spiro atoms. The number of benzene rings is 1. The largest absolute Gasteiger partial charge is 0.497 e. The Kier molecular flexibility index (Phi) is 8.04. The van der Waals surface area contributed by atoms with Crippen LogP contribution in [0.4, 0.5) is 0 Å². The molecule has 9 heteroatoms. The number of nitrogens with zero attached hydrogens (tertiary/aromatic N) is 5. The van der Waals surface area contributed by atoms with Gasteiger partial charge in [0, 0.05) is 33.2 Å². The summed E-state index contributed by atoms with van der Waals surface area (Å²) < 4.78 is 12.8. The molecule has 3 rings (SSSR count). The summed E-state index contributed by atoms with van der Waals surface area (Å²) in [6.07, 6.45) is 0. The highest BCUT2D eigenvalue weighted by atomic mass is 16.5. The van der Waals surface area contributed by atoms with Crippen LogP contribution in [0.1, 0.15) is 22.8 Å². The third kappa shape index (κ3) is 6.43. The molecule has 2 heterocycles. The first-order valence-electron chi connectivity index (χ1n) is 10.4. The van der Waals surface area contributed by atoms with Crippen LogP contribution in [0, 0.1) is 13.8 Å². The summed E-state index contributed by atoms with van der Waals surface area (Å²) in [5, 5.41) is 15.2. The monoisotopic (exact) mass is 415 g/mol. The Morgan fingerprint density at radius 3 is 2.67 bits per heavy atom. The Hall–Kier alpha value is -2.65. The summed E-state index contributed by atoms with van der Waals surface area (Å²) in [6.45, 7) is 10.4. The molecule has 1 saturated heterocycles. The van der Waals surface area contributed by atoms with Crippen molar-refractivity contribution >= 4 is 5.96 Å². The lowest BCUT2D eigenvalue weighted by molar-refractivity contribution is 0.0389. The number of nitrogens with one attached hydrogen (secondary N) is 2. The number of aryl methyl sites for hydroxylation is 2. The second-order valence-corrected chi connectivity index (χ2v) is 7.48. The predicted molar refractivity (Wildman–Crippen MR) is 117 cm³/mol. The van der Waals surface area contributed by atoms with Crippen LogP contribution < -0.4 is 15.4 Å². The van der Waals surface area contributed by atoms with Crippen molar-refractivity contribution in [2.45, 2.75) is 26.9 Å². The third-order valence-electron chi connectivity index (χ3n) is 5.19. The summed E-state index contributed by atoms with van der Waals surface area (Å²) in [4.78, 5) is 7.18. The minimum Gasteiger partial charge on any atom is -0.497 e. The zero-order valence-corrected chi connectivity index (χ0v) is 18.4. The van der Waals surface area contributed by atoms with Crippen LogP contribution in [0.15, 0.2) is 23.2 Å². The van der Waals surface area contributed by atoms with Crippen LogP contribution in [0.25, 0.3) is 0 Å². The zero-order chi connectivity index (χ0) is 21.3. The van der Waals surface area contributed by atoms with E-state index in [4.69, 9.17) is 14.5 Å². The first-order valence-corrected chi connectivity index (χ1v) is 10.4. The number of hydrogen-bond acceptors (Lipinski definition) is 6. The van der Waals surface area contributed by atoms with E-state index in [9.17, 15) is 0 Å². The molecule has 2 aromatic rings. The van der Waals surface area contributed by atoms with Gasteiger partial charge in [0.25, 0.3) is 0 Å². The van der Waals surface area contributed by atoms with E-state index in [2.05, 4.69) is 38.7 Å². The second-order valence-electron chi connectivity index (χ2n) is 7.48. The van der Waals surface area contributed by atoms with E-state index in [1.807, 2.05) is 30.7 Å². The first kappa shape index (κ1) is 22.0. The van der Waals surface area contributed by atoms with E-state index in [-0.39, 0.29) is 0 Å². The van der Waals surface area contributed by atoms with Crippen molar-refractivity contribution in [1.29, 1.82) is 0 Å². The lowest BCUT2D eigenvalue weighted by Gasteiger charge is -2.26. The van der Waals surface area contributed by atoms with Gasteiger partial charge in [0.05, 0.1) is 33.4 Å². The van der Waals surface area contributed by atoms with Crippen molar-refractivity contribution < 1.29 is 9.47 Å². The minimum absolute atomic E-state index is 0.553. The predicted octanol–water partition coefficient (Wildman–Crippen LogP) is 1.01. The summed E-state index contributed by atoms with van der Waals surface area (Å²) in [7, 11) is 3.65. The van der Waals surface area contributed by atoms with Gasteiger partial charge in [-0.05, 0) is 37.1 Å². The van der Waals surface area contributed by atoms with E-state index in [0.29, 0.717) is 13.1 Å². The van der Waals surface area contributed by atoms with E-state index < -0.39 is 0 Å². The molecule has 9 nitrogen and oxygen atoms in total. The van der Waals surface area contributed by atoms with Crippen molar-refractivity contribution in [2.75, 3.05) is 46.5 Å². The molecule has 0 amide bonds. The second kappa shape index (κ2) is 10.9. The molecular formula is C21H33N7O2. The molecule has 0 aliphatic carbocycles.